The number of morpholine rings is 1. The number of amides is 1. The van der Waals surface area contributed by atoms with Crippen molar-refractivity contribution in [3.8, 4) is 0 Å². The van der Waals surface area contributed by atoms with Gasteiger partial charge in [0.25, 0.3) is 5.91 Å². The van der Waals surface area contributed by atoms with E-state index < -0.39 is 12.0 Å². The smallest absolute Gasteiger partial charge is 0.378 e. The fourth-order valence-corrected chi connectivity index (χ4v) is 3.52. The lowest BCUT2D eigenvalue weighted by molar-refractivity contribution is -0.144. The second-order valence-electron chi connectivity index (χ2n) is 7.31. The summed E-state index contributed by atoms with van der Waals surface area (Å²) in [4.78, 5) is 29.0. The first-order chi connectivity index (χ1) is 15.4. The van der Waals surface area contributed by atoms with Crippen LogP contribution in [0.15, 0.2) is 42.6 Å². The molecule has 0 aliphatic carbocycles. The highest BCUT2D eigenvalue weighted by molar-refractivity contribution is 5.98. The van der Waals surface area contributed by atoms with Crippen LogP contribution in [0.4, 0.5) is 24.8 Å². The molecule has 1 fully saturated rings. The summed E-state index contributed by atoms with van der Waals surface area (Å²) in [6.45, 7) is 2.11. The number of nitrogens with one attached hydrogen (secondary N) is 2. The van der Waals surface area contributed by atoms with Crippen LogP contribution in [0, 0.1) is 0 Å². The quantitative estimate of drug-likeness (QED) is 0.502. The van der Waals surface area contributed by atoms with Crippen LogP contribution in [0.1, 0.15) is 16.2 Å². The minimum atomic E-state index is -4.55. The van der Waals surface area contributed by atoms with Crippen molar-refractivity contribution in [3.05, 3.63) is 54.0 Å². The maximum atomic E-state index is 12.9. The molecule has 0 saturated carbocycles. The Morgan fingerprint density at radius 1 is 1.06 bits per heavy atom. The Labute approximate surface area is 179 Å². The van der Waals surface area contributed by atoms with E-state index in [4.69, 9.17) is 4.74 Å². The maximum Gasteiger partial charge on any atom is 0.449 e. The number of benzene rings is 2. The molecule has 2 N–H and O–H groups in total. The molecule has 8 nitrogen and oxygen atoms in total. The monoisotopic (exact) mass is 442 g/mol. The van der Waals surface area contributed by atoms with E-state index in [1.54, 1.807) is 35.4 Å². The van der Waals surface area contributed by atoms with Gasteiger partial charge in [0.1, 0.15) is 0 Å². The second-order valence-corrected chi connectivity index (χ2v) is 7.31. The van der Waals surface area contributed by atoms with Gasteiger partial charge in [-0.05, 0) is 30.3 Å². The van der Waals surface area contributed by atoms with Gasteiger partial charge in [0.05, 0.1) is 29.8 Å². The van der Waals surface area contributed by atoms with Crippen molar-refractivity contribution in [1.82, 2.24) is 24.8 Å². The van der Waals surface area contributed by atoms with Gasteiger partial charge < -0.3 is 19.9 Å². The Balaban J connectivity index is 1.41. The highest BCUT2D eigenvalue weighted by atomic mass is 19.4. The first-order valence-corrected chi connectivity index (χ1v) is 9.85. The minimum Gasteiger partial charge on any atom is -0.378 e. The van der Waals surface area contributed by atoms with E-state index in [1.807, 2.05) is 0 Å². The number of nitrogens with zero attached hydrogens (tertiary/aromatic N) is 4. The van der Waals surface area contributed by atoms with Crippen molar-refractivity contribution in [1.29, 1.82) is 0 Å². The van der Waals surface area contributed by atoms with Crippen molar-refractivity contribution in [2.75, 3.05) is 31.6 Å². The summed E-state index contributed by atoms with van der Waals surface area (Å²) >= 11 is 0. The highest BCUT2D eigenvalue weighted by Gasteiger charge is 2.34. The molecule has 32 heavy (non-hydrogen) atoms. The van der Waals surface area contributed by atoms with Gasteiger partial charge >= 0.3 is 6.18 Å². The third-order valence-corrected chi connectivity index (χ3v) is 5.13. The van der Waals surface area contributed by atoms with E-state index in [-0.39, 0.29) is 22.9 Å². The SMILES string of the molecule is O=C(c1ccc2cnc(Nc3ccc4nc(C(F)(F)F)[nH]c4c3)nc2c1)N1CCOCC1. The third kappa shape index (κ3) is 3.94. The lowest BCUT2D eigenvalue weighted by Gasteiger charge is -2.26. The van der Waals surface area contributed by atoms with Crippen LogP contribution >= 0.6 is 0 Å². The van der Waals surface area contributed by atoms with Crippen LogP contribution in [0.2, 0.25) is 0 Å². The summed E-state index contributed by atoms with van der Waals surface area (Å²) in [5.74, 6) is -0.888. The Hall–Kier alpha value is -3.73. The molecule has 1 saturated heterocycles. The van der Waals surface area contributed by atoms with Gasteiger partial charge in [-0.25, -0.2) is 15.0 Å². The molecule has 11 heteroatoms. The first kappa shape index (κ1) is 20.2. The summed E-state index contributed by atoms with van der Waals surface area (Å²) in [5.41, 5.74) is 2.02. The summed E-state index contributed by atoms with van der Waals surface area (Å²) in [5, 5.41) is 3.74. The zero-order valence-corrected chi connectivity index (χ0v) is 16.6. The molecule has 1 aliphatic heterocycles. The number of hydrogen-bond acceptors (Lipinski definition) is 6. The molecule has 1 amide bonds. The summed E-state index contributed by atoms with van der Waals surface area (Å²) in [7, 11) is 0. The molecule has 0 spiro atoms. The molecule has 1 aliphatic rings. The number of H-pyrrole nitrogens is 1. The number of anilines is 2. The lowest BCUT2D eigenvalue weighted by atomic mass is 10.1. The molecule has 2 aromatic heterocycles. The van der Waals surface area contributed by atoms with Crippen molar-refractivity contribution >= 4 is 39.5 Å². The Bertz CT molecular complexity index is 1310. The molecule has 0 radical (unpaired) electrons. The number of carbonyl (C=O) groups is 1. The van der Waals surface area contributed by atoms with Gasteiger partial charge in [0, 0.05) is 35.9 Å². The Kier molecular flexibility index (Phi) is 4.89. The summed E-state index contributed by atoms with van der Waals surface area (Å²) < 4.78 is 43.9. The van der Waals surface area contributed by atoms with Crippen LogP contribution in [-0.4, -0.2) is 57.0 Å². The molecule has 164 valence electrons. The van der Waals surface area contributed by atoms with Crippen LogP contribution in [-0.2, 0) is 10.9 Å². The molecule has 5 rings (SSSR count). The molecule has 0 bridgehead atoms. The Morgan fingerprint density at radius 2 is 1.88 bits per heavy atom. The number of hydrogen-bond donors (Lipinski definition) is 2. The van der Waals surface area contributed by atoms with Crippen LogP contribution in [0.5, 0.6) is 0 Å². The van der Waals surface area contributed by atoms with Gasteiger partial charge in [0.2, 0.25) is 11.8 Å². The summed E-state index contributed by atoms with van der Waals surface area (Å²) in [6, 6.07) is 9.79. The van der Waals surface area contributed by atoms with Gasteiger partial charge in [-0.3, -0.25) is 4.79 Å². The zero-order chi connectivity index (χ0) is 22.3. The standard InChI is InChI=1S/C21H17F3N6O2/c22-21(23,24)19-27-15-4-3-14(10-17(15)28-19)26-20-25-11-13-2-1-12(9-16(13)29-20)18(31)30-5-7-32-8-6-30/h1-4,9-11H,5-8H2,(H,27,28)(H,25,26,29). The molecule has 3 heterocycles. The average molecular weight is 442 g/mol. The number of halogens is 3. The largest absolute Gasteiger partial charge is 0.449 e. The maximum absolute atomic E-state index is 12.9. The number of alkyl halides is 3. The van der Waals surface area contributed by atoms with Crippen LogP contribution in [0.3, 0.4) is 0 Å². The third-order valence-electron chi connectivity index (χ3n) is 5.13. The minimum absolute atomic E-state index is 0.0894. The number of ether oxygens (including phenoxy) is 1. The molecule has 4 aromatic rings. The number of fused-ring (bicyclic) bond motifs is 2. The van der Waals surface area contributed by atoms with Crippen molar-refractivity contribution < 1.29 is 22.7 Å². The average Bonchev–Trinajstić information content (AvgIpc) is 3.23. The number of imidazole rings is 1. The van der Waals surface area contributed by atoms with E-state index in [0.717, 1.165) is 5.39 Å². The van der Waals surface area contributed by atoms with E-state index in [9.17, 15) is 18.0 Å². The first-order valence-electron chi connectivity index (χ1n) is 9.85. The lowest BCUT2D eigenvalue weighted by Crippen LogP contribution is -2.40. The van der Waals surface area contributed by atoms with Crippen molar-refractivity contribution in [3.63, 3.8) is 0 Å². The summed E-state index contributed by atoms with van der Waals surface area (Å²) in [6.07, 6.45) is -2.94. The normalized spacial score (nSPS) is 14.8. The van der Waals surface area contributed by atoms with E-state index in [2.05, 4.69) is 25.3 Å². The van der Waals surface area contributed by atoms with E-state index in [0.29, 0.717) is 43.1 Å². The number of rotatable bonds is 3. The van der Waals surface area contributed by atoms with Crippen molar-refractivity contribution in [2.24, 2.45) is 0 Å². The van der Waals surface area contributed by atoms with Gasteiger partial charge in [0.15, 0.2) is 0 Å². The predicted molar refractivity (Wildman–Crippen MR) is 111 cm³/mol. The molecular weight excluding hydrogens is 425 g/mol. The van der Waals surface area contributed by atoms with Crippen LogP contribution < -0.4 is 5.32 Å². The van der Waals surface area contributed by atoms with Crippen molar-refractivity contribution in [2.45, 2.75) is 6.18 Å². The molecule has 0 unspecified atom stereocenters. The number of aromatic nitrogens is 4. The number of aromatic amines is 1. The number of carbonyl (C=O) groups excluding carboxylic acids is 1. The van der Waals surface area contributed by atoms with Crippen LogP contribution in [0.25, 0.3) is 21.9 Å². The van der Waals surface area contributed by atoms with Gasteiger partial charge in [-0.15, -0.1) is 0 Å². The van der Waals surface area contributed by atoms with Gasteiger partial charge in [-0.1, -0.05) is 6.07 Å². The zero-order valence-electron chi connectivity index (χ0n) is 16.6. The van der Waals surface area contributed by atoms with Gasteiger partial charge in [-0.2, -0.15) is 13.2 Å². The predicted octanol–water partition coefficient (Wildman–Crippen LogP) is 3.74. The second kappa shape index (κ2) is 7.75. The molecular formula is C21H17F3N6O2. The molecule has 0 atom stereocenters. The fourth-order valence-electron chi connectivity index (χ4n) is 3.52. The Morgan fingerprint density at radius 3 is 2.66 bits per heavy atom. The highest BCUT2D eigenvalue weighted by Crippen LogP contribution is 2.29. The molecule has 2 aromatic carbocycles. The van der Waals surface area contributed by atoms with E-state index >= 15 is 0 Å². The fraction of sp³-hybridized carbons (Fsp3) is 0.238. The topological polar surface area (TPSA) is 96.0 Å². The van der Waals surface area contributed by atoms with E-state index in [1.165, 1.54) is 12.1 Å².